The summed E-state index contributed by atoms with van der Waals surface area (Å²) < 4.78 is 34.2. The number of carbonyl (C=O) groups excluding carboxylic acids is 1. The Morgan fingerprint density at radius 2 is 1.89 bits per heavy atom. The summed E-state index contributed by atoms with van der Waals surface area (Å²) in [7, 11) is 3.31. The Labute approximate surface area is 205 Å². The molecule has 2 heterocycles. The minimum absolute atomic E-state index is 0.111. The number of likely N-dealkylation sites (N-methyl/N-ethyl adjacent to an activating group) is 1. The molecular weight excluding hydrogens is 474 g/mol. The van der Waals surface area contributed by atoms with Crippen LogP contribution >= 0.6 is 11.3 Å². The number of amides is 1. The lowest BCUT2D eigenvalue weighted by Crippen LogP contribution is -2.30. The Kier molecular flexibility index (Phi) is 6.62. The van der Waals surface area contributed by atoms with Crippen LogP contribution in [-0.4, -0.2) is 46.7 Å². The first kappa shape index (κ1) is 24.4. The fraction of sp³-hybridized carbons (Fsp3) is 0.292. The van der Waals surface area contributed by atoms with Crippen LogP contribution in [0.4, 0.5) is 25.4 Å². The molecular formula is C24H26F2N6O2S. The number of nitrogens with zero attached hydrogens (tertiary/aromatic N) is 4. The van der Waals surface area contributed by atoms with E-state index in [0.29, 0.717) is 10.1 Å². The van der Waals surface area contributed by atoms with E-state index in [1.807, 2.05) is 45.0 Å². The molecule has 0 aliphatic carbocycles. The number of hydrogen-bond acceptors (Lipinski definition) is 7. The maximum Gasteiger partial charge on any atom is 0.244 e. The van der Waals surface area contributed by atoms with Crippen molar-refractivity contribution in [3.05, 3.63) is 54.1 Å². The summed E-state index contributed by atoms with van der Waals surface area (Å²) in [6, 6.07) is 10.5. The molecule has 35 heavy (non-hydrogen) atoms. The lowest BCUT2D eigenvalue weighted by Gasteiger charge is -2.22. The van der Waals surface area contributed by atoms with Gasteiger partial charge in [-0.1, -0.05) is 11.3 Å². The average molecular weight is 501 g/mol. The Morgan fingerprint density at radius 1 is 1.17 bits per heavy atom. The number of hydrogen-bond donors (Lipinski definition) is 2. The van der Waals surface area contributed by atoms with Gasteiger partial charge in [0, 0.05) is 24.2 Å². The highest BCUT2D eigenvalue weighted by atomic mass is 32.1. The molecule has 0 atom stereocenters. The van der Waals surface area contributed by atoms with Crippen molar-refractivity contribution in [3.63, 3.8) is 0 Å². The molecule has 184 valence electrons. The van der Waals surface area contributed by atoms with Crippen LogP contribution in [0.1, 0.15) is 20.8 Å². The molecule has 0 unspecified atom stereocenters. The molecule has 0 saturated carbocycles. The van der Waals surface area contributed by atoms with E-state index in [9.17, 15) is 13.6 Å². The van der Waals surface area contributed by atoms with Gasteiger partial charge in [0.2, 0.25) is 16.0 Å². The number of aromatic nitrogens is 3. The third-order valence-corrected chi connectivity index (χ3v) is 5.98. The first-order chi connectivity index (χ1) is 16.5. The molecule has 0 radical (unpaired) electrons. The number of fused-ring (bicyclic) bond motifs is 1. The van der Waals surface area contributed by atoms with Crippen molar-refractivity contribution in [3.8, 4) is 17.0 Å². The van der Waals surface area contributed by atoms with Gasteiger partial charge >= 0.3 is 0 Å². The van der Waals surface area contributed by atoms with Gasteiger partial charge in [0.05, 0.1) is 19.3 Å². The normalized spacial score (nSPS) is 11.5. The molecule has 2 N–H and O–H groups in total. The predicted octanol–water partition coefficient (Wildman–Crippen LogP) is 5.03. The molecule has 0 fully saturated rings. The average Bonchev–Trinajstić information content (AvgIpc) is 3.35. The largest absolute Gasteiger partial charge is 0.497 e. The second-order valence-corrected chi connectivity index (χ2v) is 9.95. The monoisotopic (exact) mass is 500 g/mol. The number of methoxy groups -OCH3 is 1. The summed E-state index contributed by atoms with van der Waals surface area (Å²) in [5.41, 5.74) is 1.18. The molecule has 4 rings (SSSR count). The second-order valence-electron chi connectivity index (χ2n) is 9.02. The third-order valence-electron chi connectivity index (χ3n) is 4.96. The van der Waals surface area contributed by atoms with Gasteiger partial charge in [-0.25, -0.2) is 13.8 Å². The molecule has 2 aromatic carbocycles. The molecule has 2 aromatic heterocycles. The number of ether oxygens (including phenoxy) is 1. The van der Waals surface area contributed by atoms with Gasteiger partial charge in [0.15, 0.2) is 5.82 Å². The maximum absolute atomic E-state index is 13.9. The van der Waals surface area contributed by atoms with E-state index in [0.717, 1.165) is 41.0 Å². The summed E-state index contributed by atoms with van der Waals surface area (Å²) >= 11 is 1.31. The third kappa shape index (κ3) is 5.51. The van der Waals surface area contributed by atoms with Crippen molar-refractivity contribution in [1.29, 1.82) is 0 Å². The number of rotatable bonds is 7. The van der Waals surface area contributed by atoms with Crippen molar-refractivity contribution in [1.82, 2.24) is 14.6 Å². The topological polar surface area (TPSA) is 83.8 Å². The van der Waals surface area contributed by atoms with E-state index >= 15 is 0 Å². The number of benzene rings is 2. The standard InChI is InChI=1S/C24H26F2N6O2S/c1-24(2,3)29-21-20(14-6-9-16(34-5)10-7-14)28-22-32(21)30-23(35-22)31(4)13-19(33)27-18-12-15(25)8-11-17(18)26/h6-12,29H,13H2,1-5H3,(H,27,33). The highest BCUT2D eigenvalue weighted by Gasteiger charge is 2.23. The Balaban J connectivity index is 1.60. The second kappa shape index (κ2) is 9.49. The SMILES string of the molecule is COc1ccc(-c2nc3sc(N(C)CC(=O)Nc4cc(F)ccc4F)nn3c2NC(C)(C)C)cc1. The van der Waals surface area contributed by atoms with Crippen LogP contribution in [0.25, 0.3) is 16.2 Å². The van der Waals surface area contributed by atoms with Gasteiger partial charge in [-0.05, 0) is 57.2 Å². The van der Waals surface area contributed by atoms with Crippen molar-refractivity contribution in [2.75, 3.05) is 36.2 Å². The summed E-state index contributed by atoms with van der Waals surface area (Å²) in [6.45, 7) is 6.01. The van der Waals surface area contributed by atoms with E-state index in [1.165, 1.54) is 11.3 Å². The van der Waals surface area contributed by atoms with Crippen LogP contribution in [0.3, 0.4) is 0 Å². The summed E-state index contributed by atoms with van der Waals surface area (Å²) in [5.74, 6) is -0.378. The van der Waals surface area contributed by atoms with Gasteiger partial charge in [-0.3, -0.25) is 4.79 Å². The molecule has 0 aliphatic heterocycles. The van der Waals surface area contributed by atoms with Crippen molar-refractivity contribution < 1.29 is 18.3 Å². The zero-order chi connectivity index (χ0) is 25.3. The van der Waals surface area contributed by atoms with Gasteiger partial charge in [-0.2, -0.15) is 4.52 Å². The number of halogens is 2. The van der Waals surface area contributed by atoms with E-state index in [1.54, 1.807) is 23.6 Å². The number of carbonyl (C=O) groups is 1. The molecule has 1 amide bonds. The molecule has 0 aliphatic rings. The fourth-order valence-corrected chi connectivity index (χ4v) is 4.24. The molecule has 0 bridgehead atoms. The van der Waals surface area contributed by atoms with E-state index in [2.05, 4.69) is 15.7 Å². The van der Waals surface area contributed by atoms with Crippen LogP contribution in [0.5, 0.6) is 5.75 Å². The molecule has 0 spiro atoms. The zero-order valence-electron chi connectivity index (χ0n) is 20.0. The number of imidazole rings is 1. The van der Waals surface area contributed by atoms with Crippen LogP contribution in [0.2, 0.25) is 0 Å². The van der Waals surface area contributed by atoms with E-state index in [-0.39, 0.29) is 17.8 Å². The van der Waals surface area contributed by atoms with Crippen molar-refractivity contribution in [2.45, 2.75) is 26.3 Å². The van der Waals surface area contributed by atoms with Crippen LogP contribution in [0.15, 0.2) is 42.5 Å². The van der Waals surface area contributed by atoms with Gasteiger partial charge in [0.25, 0.3) is 0 Å². The lowest BCUT2D eigenvalue weighted by molar-refractivity contribution is -0.114. The van der Waals surface area contributed by atoms with Crippen LogP contribution < -0.4 is 20.3 Å². The van der Waals surface area contributed by atoms with E-state index < -0.39 is 17.5 Å². The molecule has 4 aromatic rings. The molecule has 11 heteroatoms. The zero-order valence-corrected chi connectivity index (χ0v) is 20.8. The molecule has 0 saturated heterocycles. The highest BCUT2D eigenvalue weighted by molar-refractivity contribution is 7.20. The minimum Gasteiger partial charge on any atom is -0.497 e. The smallest absolute Gasteiger partial charge is 0.244 e. The number of nitrogens with one attached hydrogen (secondary N) is 2. The Hall–Kier alpha value is -3.73. The first-order valence-electron chi connectivity index (χ1n) is 10.8. The molecule has 8 nitrogen and oxygen atoms in total. The Bertz CT molecular complexity index is 1360. The van der Waals surface area contributed by atoms with Crippen LogP contribution in [-0.2, 0) is 4.79 Å². The quantitative estimate of drug-likeness (QED) is 0.370. The van der Waals surface area contributed by atoms with Crippen molar-refractivity contribution in [2.24, 2.45) is 0 Å². The van der Waals surface area contributed by atoms with E-state index in [4.69, 9.17) is 9.72 Å². The van der Waals surface area contributed by atoms with Gasteiger partial charge in [-0.15, -0.1) is 5.10 Å². The predicted molar refractivity (Wildman–Crippen MR) is 134 cm³/mol. The fourth-order valence-electron chi connectivity index (χ4n) is 3.38. The summed E-state index contributed by atoms with van der Waals surface area (Å²) in [5, 5.41) is 11.1. The maximum atomic E-state index is 13.9. The van der Waals surface area contributed by atoms with Crippen molar-refractivity contribution >= 4 is 38.8 Å². The van der Waals surface area contributed by atoms with Gasteiger partial charge in [0.1, 0.15) is 23.1 Å². The lowest BCUT2D eigenvalue weighted by atomic mass is 10.1. The summed E-state index contributed by atoms with van der Waals surface area (Å²) in [6.07, 6.45) is 0. The Morgan fingerprint density at radius 3 is 2.54 bits per heavy atom. The minimum atomic E-state index is -0.709. The summed E-state index contributed by atoms with van der Waals surface area (Å²) in [4.78, 5) is 19.5. The number of anilines is 3. The van der Waals surface area contributed by atoms with Crippen LogP contribution in [0, 0.1) is 11.6 Å². The first-order valence-corrected chi connectivity index (χ1v) is 11.6. The highest BCUT2D eigenvalue weighted by Crippen LogP contribution is 2.35. The van der Waals surface area contributed by atoms with Gasteiger partial charge < -0.3 is 20.3 Å².